The lowest BCUT2D eigenvalue weighted by Crippen LogP contribution is -2.23. The first kappa shape index (κ1) is 13.0. The van der Waals surface area contributed by atoms with E-state index in [4.69, 9.17) is 10.2 Å². The molecule has 0 aliphatic rings. The highest BCUT2D eigenvalue weighted by atomic mass is 16.3. The van der Waals surface area contributed by atoms with Crippen molar-refractivity contribution in [3.8, 4) is 0 Å². The largest absolute Gasteiger partial charge is 0.467 e. The van der Waals surface area contributed by atoms with Gasteiger partial charge < -0.3 is 20.8 Å². The van der Waals surface area contributed by atoms with Crippen LogP contribution in [0, 0.1) is 0 Å². The molecule has 0 fully saturated rings. The van der Waals surface area contributed by atoms with Gasteiger partial charge in [-0.2, -0.15) is 0 Å². The van der Waals surface area contributed by atoms with Gasteiger partial charge in [-0.25, -0.2) is 0 Å². The molecule has 19 heavy (non-hydrogen) atoms. The van der Waals surface area contributed by atoms with E-state index in [9.17, 15) is 4.79 Å². The molecule has 0 radical (unpaired) electrons. The number of hydrogen-bond acceptors (Lipinski definition) is 4. The molecule has 0 unspecified atom stereocenters. The van der Waals surface area contributed by atoms with Crippen LogP contribution in [0.25, 0.3) is 0 Å². The van der Waals surface area contributed by atoms with Gasteiger partial charge in [-0.05, 0) is 37.3 Å². The Morgan fingerprint density at radius 2 is 2.21 bits per heavy atom. The summed E-state index contributed by atoms with van der Waals surface area (Å²) in [6.07, 6.45) is 1.61. The minimum atomic E-state index is -0.121. The first-order chi connectivity index (χ1) is 9.20. The first-order valence-electron chi connectivity index (χ1n) is 6.14. The lowest BCUT2D eigenvalue weighted by Gasteiger charge is -2.11. The van der Waals surface area contributed by atoms with Gasteiger partial charge in [0, 0.05) is 17.9 Å². The van der Waals surface area contributed by atoms with Crippen LogP contribution in [-0.2, 0) is 6.54 Å². The van der Waals surface area contributed by atoms with Crippen molar-refractivity contribution < 1.29 is 9.21 Å². The quantitative estimate of drug-likeness (QED) is 0.719. The number of carbonyl (C=O) groups excluding carboxylic acids is 1. The van der Waals surface area contributed by atoms with Crippen LogP contribution >= 0.6 is 0 Å². The number of rotatable bonds is 5. The Morgan fingerprint density at radius 3 is 2.89 bits per heavy atom. The van der Waals surface area contributed by atoms with Gasteiger partial charge in [0.15, 0.2) is 0 Å². The summed E-state index contributed by atoms with van der Waals surface area (Å²) >= 11 is 0. The zero-order chi connectivity index (χ0) is 13.7. The molecule has 2 aromatic rings. The summed E-state index contributed by atoms with van der Waals surface area (Å²) in [5.74, 6) is 0.675. The molecule has 2 rings (SSSR count). The highest BCUT2D eigenvalue weighted by Crippen LogP contribution is 2.20. The molecule has 0 aliphatic heterocycles. The number of furan rings is 1. The predicted octanol–water partition coefficient (Wildman–Crippen LogP) is 2.22. The Labute approximate surface area is 111 Å². The maximum absolute atomic E-state index is 11.9. The van der Waals surface area contributed by atoms with Crippen LogP contribution in [-0.4, -0.2) is 12.5 Å². The number of nitrogens with one attached hydrogen (secondary N) is 2. The molecule has 1 amide bonds. The number of amides is 1. The average molecular weight is 259 g/mol. The Morgan fingerprint density at radius 1 is 1.37 bits per heavy atom. The first-order valence-corrected chi connectivity index (χ1v) is 6.14. The second kappa shape index (κ2) is 5.95. The second-order valence-corrected chi connectivity index (χ2v) is 4.10. The van der Waals surface area contributed by atoms with Crippen LogP contribution < -0.4 is 16.4 Å². The summed E-state index contributed by atoms with van der Waals surface area (Å²) in [4.78, 5) is 11.9. The summed E-state index contributed by atoms with van der Waals surface area (Å²) in [5.41, 5.74) is 7.63. The van der Waals surface area contributed by atoms with Crippen molar-refractivity contribution in [3.63, 3.8) is 0 Å². The van der Waals surface area contributed by atoms with E-state index in [1.807, 2.05) is 19.1 Å². The van der Waals surface area contributed by atoms with Gasteiger partial charge in [0.2, 0.25) is 0 Å². The second-order valence-electron chi connectivity index (χ2n) is 4.10. The van der Waals surface area contributed by atoms with Gasteiger partial charge in [0.25, 0.3) is 5.91 Å². The number of nitrogens with two attached hydrogens (primary N) is 1. The predicted molar refractivity (Wildman–Crippen MR) is 74.9 cm³/mol. The van der Waals surface area contributed by atoms with Crippen LogP contribution in [0.15, 0.2) is 41.0 Å². The van der Waals surface area contributed by atoms with E-state index in [-0.39, 0.29) is 5.91 Å². The zero-order valence-corrected chi connectivity index (χ0v) is 10.8. The Bertz CT molecular complexity index is 550. The molecule has 0 saturated carbocycles. The number of nitrogen functional groups attached to an aromatic ring is 1. The third kappa shape index (κ3) is 3.28. The smallest absolute Gasteiger partial charge is 0.253 e. The summed E-state index contributed by atoms with van der Waals surface area (Å²) in [6.45, 7) is 2.97. The maximum Gasteiger partial charge on any atom is 0.253 e. The lowest BCUT2D eigenvalue weighted by atomic mass is 10.1. The van der Waals surface area contributed by atoms with E-state index in [1.54, 1.807) is 24.5 Å². The molecule has 0 spiro atoms. The Balaban J connectivity index is 2.17. The lowest BCUT2D eigenvalue weighted by molar-refractivity contribution is 0.0956. The molecule has 5 nitrogen and oxygen atoms in total. The van der Waals surface area contributed by atoms with Gasteiger partial charge in [0.05, 0.1) is 18.4 Å². The molecular formula is C14H17N3O2. The highest BCUT2D eigenvalue weighted by Gasteiger charge is 2.11. The van der Waals surface area contributed by atoms with Crippen LogP contribution in [0.4, 0.5) is 11.4 Å². The van der Waals surface area contributed by atoms with Crippen molar-refractivity contribution in [1.82, 2.24) is 5.32 Å². The number of benzene rings is 1. The third-order valence-electron chi connectivity index (χ3n) is 2.66. The van der Waals surface area contributed by atoms with E-state index < -0.39 is 0 Å². The van der Waals surface area contributed by atoms with E-state index in [0.717, 1.165) is 5.76 Å². The van der Waals surface area contributed by atoms with Crippen LogP contribution in [0.5, 0.6) is 0 Å². The summed E-state index contributed by atoms with van der Waals surface area (Å²) < 4.78 is 5.24. The molecular weight excluding hydrogens is 242 g/mol. The molecule has 0 atom stereocenters. The molecule has 0 bridgehead atoms. The van der Waals surface area contributed by atoms with Crippen molar-refractivity contribution in [2.75, 3.05) is 17.6 Å². The van der Waals surface area contributed by atoms with Crippen molar-refractivity contribution in [2.24, 2.45) is 0 Å². The van der Waals surface area contributed by atoms with Crippen molar-refractivity contribution >= 4 is 17.3 Å². The summed E-state index contributed by atoms with van der Waals surface area (Å²) in [6, 6.07) is 8.85. The normalized spacial score (nSPS) is 10.2. The fourth-order valence-corrected chi connectivity index (χ4v) is 1.76. The standard InChI is InChI=1S/C14H17N3O2/c1-2-16-14(18)12-6-5-10(15)8-13(12)17-9-11-4-3-7-19-11/h3-8,17H,2,9,15H2,1H3,(H,16,18). The van der Waals surface area contributed by atoms with E-state index in [2.05, 4.69) is 10.6 Å². The van der Waals surface area contributed by atoms with Crippen LogP contribution in [0.3, 0.4) is 0 Å². The molecule has 100 valence electrons. The molecule has 1 aromatic carbocycles. The summed E-state index contributed by atoms with van der Waals surface area (Å²) in [7, 11) is 0. The number of hydrogen-bond donors (Lipinski definition) is 3. The van der Waals surface area contributed by atoms with E-state index in [1.165, 1.54) is 0 Å². The van der Waals surface area contributed by atoms with Gasteiger partial charge in [-0.1, -0.05) is 0 Å². The summed E-state index contributed by atoms with van der Waals surface area (Å²) in [5, 5.41) is 5.93. The minimum absolute atomic E-state index is 0.121. The SMILES string of the molecule is CCNC(=O)c1ccc(N)cc1NCc1ccco1. The van der Waals surface area contributed by atoms with Gasteiger partial charge in [0.1, 0.15) is 5.76 Å². The molecule has 1 heterocycles. The monoisotopic (exact) mass is 259 g/mol. The topological polar surface area (TPSA) is 80.3 Å². The van der Waals surface area contributed by atoms with E-state index in [0.29, 0.717) is 30.0 Å². The molecule has 0 aliphatic carbocycles. The fraction of sp³-hybridized carbons (Fsp3) is 0.214. The number of carbonyl (C=O) groups is 1. The highest BCUT2D eigenvalue weighted by molar-refractivity contribution is 6.00. The average Bonchev–Trinajstić information content (AvgIpc) is 2.89. The zero-order valence-electron chi connectivity index (χ0n) is 10.8. The molecule has 1 aromatic heterocycles. The maximum atomic E-state index is 11.9. The van der Waals surface area contributed by atoms with Crippen molar-refractivity contribution in [3.05, 3.63) is 47.9 Å². The van der Waals surface area contributed by atoms with Crippen molar-refractivity contribution in [2.45, 2.75) is 13.5 Å². The van der Waals surface area contributed by atoms with E-state index >= 15 is 0 Å². The Kier molecular flexibility index (Phi) is 4.07. The van der Waals surface area contributed by atoms with Gasteiger partial charge in [-0.15, -0.1) is 0 Å². The van der Waals surface area contributed by atoms with Crippen LogP contribution in [0.1, 0.15) is 23.0 Å². The van der Waals surface area contributed by atoms with Crippen molar-refractivity contribution in [1.29, 1.82) is 0 Å². The molecule has 4 N–H and O–H groups in total. The van der Waals surface area contributed by atoms with Gasteiger partial charge >= 0.3 is 0 Å². The van der Waals surface area contributed by atoms with Crippen LogP contribution in [0.2, 0.25) is 0 Å². The molecule has 5 heteroatoms. The minimum Gasteiger partial charge on any atom is -0.467 e. The third-order valence-corrected chi connectivity index (χ3v) is 2.66. The Hall–Kier alpha value is -2.43. The van der Waals surface area contributed by atoms with Gasteiger partial charge in [-0.3, -0.25) is 4.79 Å². The molecule has 0 saturated heterocycles. The number of anilines is 2. The fourth-order valence-electron chi connectivity index (χ4n) is 1.76.